The number of primary amides is 1. The summed E-state index contributed by atoms with van der Waals surface area (Å²) in [5.74, 6) is 2.00. The van der Waals surface area contributed by atoms with Crippen LogP contribution in [0.2, 0.25) is 0 Å². The lowest BCUT2D eigenvalue weighted by Gasteiger charge is -2.13. The number of nitrogens with zero attached hydrogens (tertiary/aromatic N) is 1. The van der Waals surface area contributed by atoms with Gasteiger partial charge in [0.15, 0.2) is 11.6 Å². The zero-order valence-electron chi connectivity index (χ0n) is 11.3. The number of benzene rings is 1. The molecule has 21 heavy (non-hydrogen) atoms. The van der Waals surface area contributed by atoms with Gasteiger partial charge in [0, 0.05) is 24.4 Å². The summed E-state index contributed by atoms with van der Waals surface area (Å²) in [6.07, 6.45) is 2.57. The molecule has 0 radical (unpaired) electrons. The van der Waals surface area contributed by atoms with Crippen LogP contribution < -0.4 is 20.5 Å². The minimum Gasteiger partial charge on any atom is -0.486 e. The number of hydrogen-bond donors (Lipinski definition) is 2. The first-order valence-corrected chi connectivity index (χ1v) is 6.67. The molecule has 3 N–H and O–H groups in total. The maximum Gasteiger partial charge on any atom is 0.248 e. The summed E-state index contributed by atoms with van der Waals surface area (Å²) < 4.78 is 11.5. The number of pyridine rings is 1. The number of aromatic nitrogens is 1. The highest BCUT2D eigenvalue weighted by Crippen LogP contribution is 2.37. The second kappa shape index (κ2) is 5.70. The summed E-state index contributed by atoms with van der Waals surface area (Å²) in [6.45, 7) is 1.43. The van der Waals surface area contributed by atoms with Crippen LogP contribution in [0.5, 0.6) is 17.2 Å². The Bertz CT molecular complexity index is 656. The van der Waals surface area contributed by atoms with Gasteiger partial charge < -0.3 is 20.5 Å². The quantitative estimate of drug-likeness (QED) is 0.902. The average Bonchev–Trinajstić information content (AvgIpc) is 2.74. The molecular formula is C15H15N3O3. The summed E-state index contributed by atoms with van der Waals surface area (Å²) in [5, 5.41) is 3.20. The van der Waals surface area contributed by atoms with Crippen molar-refractivity contribution in [3.63, 3.8) is 0 Å². The minimum absolute atomic E-state index is 0.439. The molecule has 0 unspecified atom stereocenters. The maximum absolute atomic E-state index is 11.0. The number of anilines is 1. The number of fused-ring (bicyclic) bond motifs is 1. The van der Waals surface area contributed by atoms with Gasteiger partial charge >= 0.3 is 0 Å². The summed E-state index contributed by atoms with van der Waals surface area (Å²) in [7, 11) is 0. The van der Waals surface area contributed by atoms with Crippen molar-refractivity contribution in [2.24, 2.45) is 5.73 Å². The number of nitrogens with one attached hydrogen (secondary N) is 1. The molecule has 0 fully saturated rings. The first kappa shape index (κ1) is 13.2. The van der Waals surface area contributed by atoms with Crippen molar-refractivity contribution < 1.29 is 14.3 Å². The third kappa shape index (κ3) is 2.89. The van der Waals surface area contributed by atoms with Crippen LogP contribution in [0.3, 0.4) is 0 Å². The number of carbonyl (C=O) groups excluding carboxylic acids is 1. The molecule has 1 aromatic carbocycles. The molecule has 0 saturated carbocycles. The van der Waals surface area contributed by atoms with E-state index in [1.54, 1.807) is 36.5 Å². The van der Waals surface area contributed by atoms with Crippen LogP contribution >= 0.6 is 0 Å². The summed E-state index contributed by atoms with van der Waals surface area (Å²) in [4.78, 5) is 15.3. The Morgan fingerprint density at radius 3 is 2.86 bits per heavy atom. The predicted octanol–water partition coefficient (Wildman–Crippen LogP) is 2.17. The van der Waals surface area contributed by atoms with Crippen molar-refractivity contribution in [1.82, 2.24) is 4.98 Å². The van der Waals surface area contributed by atoms with E-state index in [9.17, 15) is 4.79 Å². The van der Waals surface area contributed by atoms with Gasteiger partial charge in [-0.2, -0.15) is 0 Å². The topological polar surface area (TPSA) is 86.5 Å². The normalized spacial score (nSPS) is 13.3. The van der Waals surface area contributed by atoms with E-state index in [0.29, 0.717) is 35.2 Å². The molecule has 6 nitrogen and oxygen atoms in total. The van der Waals surface area contributed by atoms with E-state index in [-0.39, 0.29) is 0 Å². The number of rotatable bonds is 3. The Hall–Kier alpha value is -2.76. The second-order valence-electron chi connectivity index (χ2n) is 4.61. The van der Waals surface area contributed by atoms with Gasteiger partial charge in [-0.25, -0.2) is 4.98 Å². The Balaban J connectivity index is 1.86. The zero-order chi connectivity index (χ0) is 14.7. The van der Waals surface area contributed by atoms with Gasteiger partial charge in [-0.05, 0) is 30.7 Å². The molecule has 1 aliphatic rings. The zero-order valence-corrected chi connectivity index (χ0v) is 11.3. The van der Waals surface area contributed by atoms with Gasteiger partial charge in [-0.3, -0.25) is 4.79 Å². The second-order valence-corrected chi connectivity index (χ2v) is 4.61. The van der Waals surface area contributed by atoms with Gasteiger partial charge in [-0.1, -0.05) is 0 Å². The molecule has 1 aliphatic heterocycles. The molecule has 2 heterocycles. The van der Waals surface area contributed by atoms with E-state index in [1.165, 1.54) is 0 Å². The molecule has 0 spiro atoms. The fourth-order valence-corrected chi connectivity index (χ4v) is 2.04. The molecule has 6 heteroatoms. The molecule has 0 bridgehead atoms. The first-order chi connectivity index (χ1) is 10.2. The van der Waals surface area contributed by atoms with Crippen LogP contribution in [0, 0.1) is 0 Å². The number of hydrogen-bond acceptors (Lipinski definition) is 5. The van der Waals surface area contributed by atoms with E-state index in [4.69, 9.17) is 15.2 Å². The lowest BCUT2D eigenvalue weighted by Crippen LogP contribution is -2.10. The predicted molar refractivity (Wildman–Crippen MR) is 77.9 cm³/mol. The highest BCUT2D eigenvalue weighted by molar-refractivity contribution is 5.92. The standard InChI is InChI=1S/C15H15N3O3/c16-14(19)10-2-4-11(5-3-10)21-12-6-8-18-15-13(12)20-9-1-7-17-15/h2-6,8H,1,7,9H2,(H2,16,19)(H,17,18). The Labute approximate surface area is 121 Å². The molecule has 2 aromatic rings. The molecular weight excluding hydrogens is 270 g/mol. The lowest BCUT2D eigenvalue weighted by atomic mass is 10.2. The van der Waals surface area contributed by atoms with Gasteiger partial charge in [0.25, 0.3) is 0 Å². The van der Waals surface area contributed by atoms with Crippen molar-refractivity contribution in [2.75, 3.05) is 18.5 Å². The molecule has 3 rings (SSSR count). The molecule has 108 valence electrons. The molecule has 0 saturated heterocycles. The van der Waals surface area contributed by atoms with Crippen molar-refractivity contribution >= 4 is 11.7 Å². The molecule has 0 atom stereocenters. The summed E-state index contributed by atoms with van der Waals surface area (Å²) in [5.41, 5.74) is 5.65. The largest absolute Gasteiger partial charge is 0.486 e. The third-order valence-electron chi connectivity index (χ3n) is 3.10. The van der Waals surface area contributed by atoms with E-state index in [0.717, 1.165) is 13.0 Å². The minimum atomic E-state index is -0.466. The summed E-state index contributed by atoms with van der Waals surface area (Å²) >= 11 is 0. The van der Waals surface area contributed by atoms with Gasteiger partial charge in [0.1, 0.15) is 5.75 Å². The summed E-state index contributed by atoms with van der Waals surface area (Å²) in [6, 6.07) is 8.37. The van der Waals surface area contributed by atoms with Gasteiger partial charge in [0.2, 0.25) is 11.7 Å². The maximum atomic E-state index is 11.0. The van der Waals surface area contributed by atoms with Crippen LogP contribution in [0.4, 0.5) is 5.82 Å². The average molecular weight is 285 g/mol. The molecule has 0 aliphatic carbocycles. The van der Waals surface area contributed by atoms with Crippen molar-refractivity contribution in [3.05, 3.63) is 42.1 Å². The smallest absolute Gasteiger partial charge is 0.248 e. The number of amides is 1. The van der Waals surface area contributed by atoms with E-state index in [2.05, 4.69) is 10.3 Å². The van der Waals surface area contributed by atoms with Gasteiger partial charge in [-0.15, -0.1) is 0 Å². The first-order valence-electron chi connectivity index (χ1n) is 6.67. The van der Waals surface area contributed by atoms with Crippen LogP contribution in [0.15, 0.2) is 36.5 Å². The monoisotopic (exact) mass is 285 g/mol. The Morgan fingerprint density at radius 2 is 2.10 bits per heavy atom. The third-order valence-corrected chi connectivity index (χ3v) is 3.10. The van der Waals surface area contributed by atoms with Crippen molar-refractivity contribution in [1.29, 1.82) is 0 Å². The Morgan fingerprint density at radius 1 is 1.29 bits per heavy atom. The Kier molecular flexibility index (Phi) is 3.59. The lowest BCUT2D eigenvalue weighted by molar-refractivity contribution is 0.100. The van der Waals surface area contributed by atoms with Crippen LogP contribution in [0.1, 0.15) is 16.8 Å². The fourth-order valence-electron chi connectivity index (χ4n) is 2.04. The number of nitrogens with two attached hydrogens (primary N) is 1. The van der Waals surface area contributed by atoms with Gasteiger partial charge in [0.05, 0.1) is 6.61 Å². The van der Waals surface area contributed by atoms with Crippen LogP contribution in [-0.4, -0.2) is 24.0 Å². The van der Waals surface area contributed by atoms with Crippen LogP contribution in [-0.2, 0) is 0 Å². The SMILES string of the molecule is NC(=O)c1ccc(Oc2ccnc3c2OCCCN3)cc1. The number of ether oxygens (including phenoxy) is 2. The number of carbonyl (C=O) groups is 1. The highest BCUT2D eigenvalue weighted by atomic mass is 16.5. The molecule has 1 amide bonds. The van der Waals surface area contributed by atoms with E-state index < -0.39 is 5.91 Å². The van der Waals surface area contributed by atoms with Crippen LogP contribution in [0.25, 0.3) is 0 Å². The van der Waals surface area contributed by atoms with E-state index in [1.807, 2.05) is 0 Å². The van der Waals surface area contributed by atoms with Crippen molar-refractivity contribution in [2.45, 2.75) is 6.42 Å². The van der Waals surface area contributed by atoms with E-state index >= 15 is 0 Å². The highest BCUT2D eigenvalue weighted by Gasteiger charge is 2.16. The fraction of sp³-hybridized carbons (Fsp3) is 0.200. The van der Waals surface area contributed by atoms with Crippen molar-refractivity contribution in [3.8, 4) is 17.2 Å². The molecule has 1 aromatic heterocycles.